The van der Waals surface area contributed by atoms with Crippen molar-refractivity contribution in [3.05, 3.63) is 64.3 Å². The zero-order chi connectivity index (χ0) is 21.3. The Labute approximate surface area is 179 Å². The summed E-state index contributed by atoms with van der Waals surface area (Å²) in [6.45, 7) is 4.35. The highest BCUT2D eigenvalue weighted by Gasteiger charge is 2.36. The minimum atomic E-state index is -2.56. The second-order valence-electron chi connectivity index (χ2n) is 8.01. The highest BCUT2D eigenvalue weighted by atomic mass is 35.5. The Morgan fingerprint density at radius 1 is 1.17 bits per heavy atom. The van der Waals surface area contributed by atoms with Gasteiger partial charge in [-0.2, -0.15) is 0 Å². The van der Waals surface area contributed by atoms with Gasteiger partial charge in [0.1, 0.15) is 29.0 Å². The summed E-state index contributed by atoms with van der Waals surface area (Å²) >= 11 is 6.41. The van der Waals surface area contributed by atoms with E-state index in [1.165, 1.54) is 0 Å². The summed E-state index contributed by atoms with van der Waals surface area (Å²) in [4.78, 5) is 12.1. The number of imidazole rings is 1. The summed E-state index contributed by atoms with van der Waals surface area (Å²) in [6, 6.07) is 9.69. The van der Waals surface area contributed by atoms with Crippen LogP contribution in [0.25, 0.3) is 11.3 Å². The highest BCUT2D eigenvalue weighted by Crippen LogP contribution is 2.41. The van der Waals surface area contributed by atoms with Crippen LogP contribution in [0.1, 0.15) is 54.2 Å². The number of hydrogen-bond acceptors (Lipinski definition) is 3. The topological polar surface area (TPSA) is 50.8 Å². The monoisotopic (exact) mass is 431 g/mol. The van der Waals surface area contributed by atoms with E-state index < -0.39 is 5.92 Å². The minimum absolute atomic E-state index is 0.0132. The molecule has 4 nitrogen and oxygen atoms in total. The lowest BCUT2D eigenvalue weighted by molar-refractivity contribution is -0.0387. The summed E-state index contributed by atoms with van der Waals surface area (Å²) < 4.78 is 32.8. The number of nitrogens with zero attached hydrogens (tertiary/aromatic N) is 2. The van der Waals surface area contributed by atoms with Gasteiger partial charge in [0.25, 0.3) is 0 Å². The van der Waals surface area contributed by atoms with Gasteiger partial charge in [-0.15, -0.1) is 0 Å². The molecule has 7 heteroatoms. The fourth-order valence-corrected chi connectivity index (χ4v) is 4.03. The number of alkyl halides is 2. The van der Waals surface area contributed by atoms with Gasteiger partial charge in [0.2, 0.25) is 5.92 Å². The number of ether oxygens (including phenoxy) is 1. The smallest absolute Gasteiger partial charge is 0.248 e. The third kappa shape index (κ3) is 4.64. The number of nitrogens with one attached hydrogen (secondary N) is 1. The zero-order valence-corrected chi connectivity index (χ0v) is 17.8. The van der Waals surface area contributed by atoms with E-state index in [0.717, 1.165) is 28.1 Å². The second kappa shape index (κ2) is 8.34. The third-order valence-corrected chi connectivity index (χ3v) is 5.87. The van der Waals surface area contributed by atoms with Crippen LogP contribution in [-0.4, -0.2) is 20.9 Å². The Hall–Kier alpha value is -2.47. The SMILES string of the molecule is Cc1ccc(COc2ccc(-c3nc(C4CCC(F)(F)CC4)[nH]c3Cl)c(C)c2)nc1. The molecule has 0 saturated heterocycles. The van der Waals surface area contributed by atoms with Crippen molar-refractivity contribution in [3.63, 3.8) is 0 Å². The maximum atomic E-state index is 13.5. The van der Waals surface area contributed by atoms with Gasteiger partial charge < -0.3 is 9.72 Å². The van der Waals surface area contributed by atoms with Crippen molar-refractivity contribution in [1.29, 1.82) is 0 Å². The van der Waals surface area contributed by atoms with E-state index in [0.29, 0.717) is 36.1 Å². The van der Waals surface area contributed by atoms with Gasteiger partial charge in [0.15, 0.2) is 0 Å². The normalized spacial score (nSPS) is 16.6. The molecular weight excluding hydrogens is 408 g/mol. The predicted molar refractivity (Wildman–Crippen MR) is 113 cm³/mol. The van der Waals surface area contributed by atoms with E-state index in [1.54, 1.807) is 0 Å². The Morgan fingerprint density at radius 3 is 2.60 bits per heavy atom. The summed E-state index contributed by atoms with van der Waals surface area (Å²) in [5.41, 5.74) is 4.48. The molecule has 1 saturated carbocycles. The fraction of sp³-hybridized carbons (Fsp3) is 0.391. The van der Waals surface area contributed by atoms with E-state index in [2.05, 4.69) is 15.0 Å². The molecule has 1 aliphatic rings. The van der Waals surface area contributed by atoms with Gasteiger partial charge in [0, 0.05) is 30.5 Å². The van der Waals surface area contributed by atoms with Crippen molar-refractivity contribution in [2.24, 2.45) is 0 Å². The molecule has 4 rings (SSSR count). The number of halogens is 3. The average Bonchev–Trinajstić information content (AvgIpc) is 3.09. The van der Waals surface area contributed by atoms with Crippen molar-refractivity contribution in [1.82, 2.24) is 15.0 Å². The summed E-state index contributed by atoms with van der Waals surface area (Å²) in [6.07, 6.45) is 2.43. The number of hydrogen-bond donors (Lipinski definition) is 1. The standard InChI is InChI=1S/C23H24ClF2N3O/c1-14-3-4-17(27-12-14)13-30-18-5-6-19(15(2)11-18)20-21(24)29-22(28-20)16-7-9-23(25,26)10-8-16/h3-6,11-12,16H,7-10,13H2,1-2H3,(H,28,29). The molecule has 0 atom stereocenters. The molecule has 0 bridgehead atoms. The van der Waals surface area contributed by atoms with Crippen LogP contribution in [0.3, 0.4) is 0 Å². The molecule has 1 N–H and O–H groups in total. The van der Waals surface area contributed by atoms with Crippen LogP contribution < -0.4 is 4.74 Å². The number of H-pyrrole nitrogens is 1. The Morgan fingerprint density at radius 2 is 1.93 bits per heavy atom. The van der Waals surface area contributed by atoms with Crippen molar-refractivity contribution in [3.8, 4) is 17.0 Å². The average molecular weight is 432 g/mol. The van der Waals surface area contributed by atoms with Gasteiger partial charge in [-0.05, 0) is 62.1 Å². The van der Waals surface area contributed by atoms with E-state index in [1.807, 2.05) is 50.4 Å². The minimum Gasteiger partial charge on any atom is -0.487 e. The van der Waals surface area contributed by atoms with Crippen LogP contribution in [0.15, 0.2) is 36.5 Å². The molecule has 0 spiro atoms. The molecule has 0 radical (unpaired) electrons. The van der Waals surface area contributed by atoms with Crippen LogP contribution in [-0.2, 0) is 6.61 Å². The van der Waals surface area contributed by atoms with E-state index in [-0.39, 0.29) is 18.8 Å². The zero-order valence-electron chi connectivity index (χ0n) is 17.0. The molecule has 0 unspecified atom stereocenters. The van der Waals surface area contributed by atoms with Crippen LogP contribution >= 0.6 is 11.6 Å². The largest absolute Gasteiger partial charge is 0.487 e. The van der Waals surface area contributed by atoms with Crippen LogP contribution in [0.2, 0.25) is 5.15 Å². The maximum Gasteiger partial charge on any atom is 0.248 e. The molecule has 1 aromatic carbocycles. The first-order chi connectivity index (χ1) is 14.3. The van der Waals surface area contributed by atoms with Crippen LogP contribution in [0.4, 0.5) is 8.78 Å². The number of aromatic nitrogens is 3. The quantitative estimate of drug-likeness (QED) is 0.494. The van der Waals surface area contributed by atoms with E-state index >= 15 is 0 Å². The molecule has 158 valence electrons. The van der Waals surface area contributed by atoms with Gasteiger partial charge in [-0.1, -0.05) is 17.7 Å². The fourth-order valence-electron chi connectivity index (χ4n) is 3.79. The summed E-state index contributed by atoms with van der Waals surface area (Å²) in [5, 5.41) is 0.433. The number of pyridine rings is 1. The Balaban J connectivity index is 1.48. The molecule has 0 aliphatic heterocycles. The van der Waals surface area contributed by atoms with Crippen LogP contribution in [0.5, 0.6) is 5.75 Å². The van der Waals surface area contributed by atoms with Crippen molar-refractivity contribution in [2.45, 2.75) is 58.0 Å². The second-order valence-corrected chi connectivity index (χ2v) is 8.39. The number of benzene rings is 1. The first-order valence-corrected chi connectivity index (χ1v) is 10.5. The van der Waals surface area contributed by atoms with Gasteiger partial charge in [-0.3, -0.25) is 4.98 Å². The van der Waals surface area contributed by atoms with Gasteiger partial charge >= 0.3 is 0 Å². The molecular formula is C23H24ClF2N3O. The maximum absolute atomic E-state index is 13.5. The number of aryl methyl sites for hydroxylation is 2. The Bertz CT molecular complexity index is 1020. The lowest BCUT2D eigenvalue weighted by atomic mass is 9.86. The highest BCUT2D eigenvalue weighted by molar-refractivity contribution is 6.32. The molecule has 1 fully saturated rings. The Kier molecular flexibility index (Phi) is 5.78. The molecule has 2 aromatic heterocycles. The van der Waals surface area contributed by atoms with E-state index in [9.17, 15) is 8.78 Å². The molecule has 2 heterocycles. The molecule has 30 heavy (non-hydrogen) atoms. The number of rotatable bonds is 5. The summed E-state index contributed by atoms with van der Waals surface area (Å²) in [5.74, 6) is -1.15. The molecule has 3 aromatic rings. The van der Waals surface area contributed by atoms with Crippen molar-refractivity contribution < 1.29 is 13.5 Å². The molecule has 0 amide bonds. The third-order valence-electron chi connectivity index (χ3n) is 5.59. The van der Waals surface area contributed by atoms with Crippen molar-refractivity contribution >= 4 is 11.6 Å². The lowest BCUT2D eigenvalue weighted by Gasteiger charge is -2.26. The number of aromatic amines is 1. The predicted octanol–water partition coefficient (Wildman–Crippen LogP) is 6.61. The first kappa shape index (κ1) is 20.8. The van der Waals surface area contributed by atoms with Gasteiger partial charge in [0.05, 0.1) is 5.69 Å². The van der Waals surface area contributed by atoms with Crippen molar-refractivity contribution in [2.75, 3.05) is 0 Å². The van der Waals surface area contributed by atoms with Crippen LogP contribution in [0, 0.1) is 13.8 Å². The first-order valence-electron chi connectivity index (χ1n) is 10.1. The van der Waals surface area contributed by atoms with Gasteiger partial charge in [-0.25, -0.2) is 13.8 Å². The lowest BCUT2D eigenvalue weighted by Crippen LogP contribution is -2.24. The molecule has 1 aliphatic carbocycles. The van der Waals surface area contributed by atoms with E-state index in [4.69, 9.17) is 16.3 Å². The summed E-state index contributed by atoms with van der Waals surface area (Å²) in [7, 11) is 0.